The van der Waals surface area contributed by atoms with Gasteiger partial charge in [0.15, 0.2) is 13.7 Å². The predicted octanol–water partition coefficient (Wildman–Crippen LogP) is 2.02. The summed E-state index contributed by atoms with van der Waals surface area (Å²) in [5.41, 5.74) is -0.159. The molecule has 27 heavy (non-hydrogen) atoms. The van der Waals surface area contributed by atoms with Crippen LogP contribution in [0.2, 0.25) is 0 Å². The number of carbonyl (C=O) groups is 2. The number of carbonyl (C=O) groups excluding carboxylic acids is 2. The number of ether oxygens (including phenoxy) is 3. The van der Waals surface area contributed by atoms with Crippen molar-refractivity contribution in [2.75, 3.05) is 6.61 Å². The molecule has 0 spiro atoms. The summed E-state index contributed by atoms with van der Waals surface area (Å²) in [6.45, 7) is 2.32. The van der Waals surface area contributed by atoms with Gasteiger partial charge in [-0.1, -0.05) is 12.1 Å². The van der Waals surface area contributed by atoms with Gasteiger partial charge in [0.1, 0.15) is 18.8 Å². The summed E-state index contributed by atoms with van der Waals surface area (Å²) in [5, 5.41) is 0. The van der Waals surface area contributed by atoms with Crippen molar-refractivity contribution < 1.29 is 37.0 Å². The van der Waals surface area contributed by atoms with E-state index in [1.807, 2.05) is 0 Å². The fourth-order valence-electron chi connectivity index (χ4n) is 2.66. The van der Waals surface area contributed by atoms with Gasteiger partial charge in [-0.15, -0.1) is 0 Å². The minimum atomic E-state index is -4.40. The van der Waals surface area contributed by atoms with Gasteiger partial charge in [-0.25, -0.2) is 4.99 Å². The van der Waals surface area contributed by atoms with E-state index < -0.39 is 41.8 Å². The second-order valence-corrected chi connectivity index (χ2v) is 6.15. The predicted molar refractivity (Wildman–Crippen MR) is 91.8 cm³/mol. The van der Waals surface area contributed by atoms with E-state index in [0.717, 1.165) is 12.1 Å². The Hall–Kier alpha value is -2.52. The van der Waals surface area contributed by atoms with Crippen molar-refractivity contribution in [3.05, 3.63) is 35.4 Å². The lowest BCUT2D eigenvalue weighted by molar-refractivity contribution is -0.155. The summed E-state index contributed by atoms with van der Waals surface area (Å²) in [6, 6.07) is 3.85. The lowest BCUT2D eigenvalue weighted by Gasteiger charge is -2.17. The van der Waals surface area contributed by atoms with Crippen molar-refractivity contribution in [1.82, 2.24) is 0 Å². The molecule has 1 aromatic carbocycles. The Labute approximate surface area is 155 Å². The molecule has 1 aromatic rings. The van der Waals surface area contributed by atoms with E-state index in [1.54, 1.807) is 7.85 Å². The number of halogens is 3. The molecule has 0 saturated carbocycles. The Balaban J connectivity index is 2.10. The summed E-state index contributed by atoms with van der Waals surface area (Å²) >= 11 is 0. The van der Waals surface area contributed by atoms with E-state index in [4.69, 9.17) is 14.2 Å². The van der Waals surface area contributed by atoms with Crippen LogP contribution in [0.4, 0.5) is 13.2 Å². The Morgan fingerprint density at radius 1 is 1.22 bits per heavy atom. The molecule has 1 aliphatic rings. The first-order valence-corrected chi connectivity index (χ1v) is 8.27. The van der Waals surface area contributed by atoms with Crippen LogP contribution in [-0.2, 0) is 30.0 Å². The summed E-state index contributed by atoms with van der Waals surface area (Å²) < 4.78 is 53.6. The molecule has 0 aliphatic carbocycles. The summed E-state index contributed by atoms with van der Waals surface area (Å²) in [7, 11) is 1.74. The number of aliphatic imine (C=N–C) groups is 1. The molecule has 0 bridgehead atoms. The molecule has 146 valence electrons. The lowest BCUT2D eigenvalue weighted by atomic mass is 9.88. The smallest absolute Gasteiger partial charge is 0.416 e. The summed E-state index contributed by atoms with van der Waals surface area (Å²) in [4.78, 5) is 26.5. The molecule has 3 atom stereocenters. The molecule has 2 rings (SSSR count). The number of hydrogen-bond donors (Lipinski definition) is 0. The first-order valence-electron chi connectivity index (χ1n) is 8.27. The summed E-state index contributed by atoms with van der Waals surface area (Å²) in [6.07, 6.45) is -5.07. The molecule has 0 aromatic heterocycles. The van der Waals surface area contributed by atoms with Gasteiger partial charge in [-0.3, -0.25) is 9.59 Å². The van der Waals surface area contributed by atoms with E-state index >= 15 is 0 Å². The van der Waals surface area contributed by atoms with Crippen LogP contribution >= 0.6 is 0 Å². The van der Waals surface area contributed by atoms with E-state index in [1.165, 1.54) is 26.0 Å². The highest BCUT2D eigenvalue weighted by Gasteiger charge is 2.33. The zero-order chi connectivity index (χ0) is 20.2. The van der Waals surface area contributed by atoms with Crippen LogP contribution in [0.5, 0.6) is 0 Å². The standard InChI is InChI=1S/C17H19BF3NO5/c1-9(23)25-8-13(26-10(2)24)7-14-22-15(16(18)27-14)11-3-5-12(6-4-11)17(19,20)21/h3-6,13,15-16H,7-8,18H2,1-2H3. The van der Waals surface area contributed by atoms with Crippen molar-refractivity contribution >= 4 is 25.7 Å². The van der Waals surface area contributed by atoms with Gasteiger partial charge in [0.25, 0.3) is 0 Å². The van der Waals surface area contributed by atoms with E-state index in [2.05, 4.69) is 4.99 Å². The number of rotatable bonds is 6. The van der Waals surface area contributed by atoms with Crippen LogP contribution in [0.3, 0.4) is 0 Å². The zero-order valence-electron chi connectivity index (χ0n) is 15.1. The monoisotopic (exact) mass is 385 g/mol. The summed E-state index contributed by atoms with van der Waals surface area (Å²) in [5.74, 6) is -0.777. The van der Waals surface area contributed by atoms with Gasteiger partial charge < -0.3 is 14.2 Å². The SMILES string of the molecule is BC1OC(CC(COC(C)=O)OC(C)=O)=NC1c1ccc(C(F)(F)F)cc1. The minimum absolute atomic E-state index is 0.0916. The van der Waals surface area contributed by atoms with Gasteiger partial charge in [-0.05, 0) is 17.7 Å². The highest BCUT2D eigenvalue weighted by Crippen LogP contribution is 2.33. The number of esters is 2. The fraction of sp³-hybridized carbons (Fsp3) is 0.471. The van der Waals surface area contributed by atoms with Crippen LogP contribution in [0.15, 0.2) is 29.3 Å². The normalized spacial score (nSPS) is 20.4. The molecule has 6 nitrogen and oxygen atoms in total. The van der Waals surface area contributed by atoms with Crippen LogP contribution < -0.4 is 0 Å². The van der Waals surface area contributed by atoms with Gasteiger partial charge in [0.2, 0.25) is 0 Å². The molecule has 0 amide bonds. The molecule has 0 fully saturated rings. The van der Waals surface area contributed by atoms with Crippen molar-refractivity contribution in [3.8, 4) is 0 Å². The number of nitrogens with zero attached hydrogens (tertiary/aromatic N) is 1. The minimum Gasteiger partial charge on any atom is -0.485 e. The molecule has 3 unspecified atom stereocenters. The maximum atomic E-state index is 12.7. The van der Waals surface area contributed by atoms with E-state index in [0.29, 0.717) is 5.56 Å². The molecular weight excluding hydrogens is 366 g/mol. The highest BCUT2D eigenvalue weighted by molar-refractivity contribution is 6.13. The molecule has 0 saturated heterocycles. The lowest BCUT2D eigenvalue weighted by Crippen LogP contribution is -2.27. The number of alkyl halides is 3. The maximum Gasteiger partial charge on any atom is 0.416 e. The Bertz CT molecular complexity index is 720. The van der Waals surface area contributed by atoms with Gasteiger partial charge in [0.05, 0.1) is 18.0 Å². The first kappa shape index (κ1) is 20.8. The van der Waals surface area contributed by atoms with Crippen molar-refractivity contribution in [3.63, 3.8) is 0 Å². The number of benzene rings is 1. The van der Waals surface area contributed by atoms with E-state index in [9.17, 15) is 22.8 Å². The average Bonchev–Trinajstić information content (AvgIpc) is 2.92. The maximum absolute atomic E-state index is 12.7. The quantitative estimate of drug-likeness (QED) is 0.554. The topological polar surface area (TPSA) is 74.2 Å². The molecule has 10 heteroatoms. The van der Waals surface area contributed by atoms with Gasteiger partial charge in [-0.2, -0.15) is 13.2 Å². The molecule has 1 aliphatic heterocycles. The molecule has 1 heterocycles. The molecular formula is C17H19BF3NO5. The van der Waals surface area contributed by atoms with Crippen LogP contribution in [0, 0.1) is 0 Å². The van der Waals surface area contributed by atoms with Crippen molar-refractivity contribution in [1.29, 1.82) is 0 Å². The second kappa shape index (κ2) is 8.45. The van der Waals surface area contributed by atoms with Crippen molar-refractivity contribution in [2.24, 2.45) is 4.99 Å². The largest absolute Gasteiger partial charge is 0.485 e. The first-order chi connectivity index (χ1) is 12.6. The Kier molecular flexibility index (Phi) is 6.51. The third kappa shape index (κ3) is 6.01. The average molecular weight is 385 g/mol. The van der Waals surface area contributed by atoms with Gasteiger partial charge >= 0.3 is 18.1 Å². The van der Waals surface area contributed by atoms with Crippen molar-refractivity contribution in [2.45, 2.75) is 44.6 Å². The van der Waals surface area contributed by atoms with Crippen LogP contribution in [0.1, 0.15) is 37.4 Å². The van der Waals surface area contributed by atoms with Gasteiger partial charge in [0, 0.05) is 13.8 Å². The molecule has 0 radical (unpaired) electrons. The van der Waals surface area contributed by atoms with Crippen LogP contribution in [-0.4, -0.2) is 44.4 Å². The second-order valence-electron chi connectivity index (χ2n) is 6.15. The Morgan fingerprint density at radius 3 is 2.37 bits per heavy atom. The Morgan fingerprint density at radius 2 is 1.85 bits per heavy atom. The third-order valence-electron chi connectivity index (χ3n) is 3.84. The fourth-order valence-corrected chi connectivity index (χ4v) is 2.66. The third-order valence-corrected chi connectivity index (χ3v) is 3.84. The highest BCUT2D eigenvalue weighted by atomic mass is 19.4. The van der Waals surface area contributed by atoms with E-state index in [-0.39, 0.29) is 18.9 Å². The zero-order valence-corrected chi connectivity index (χ0v) is 15.1. The number of hydrogen-bond acceptors (Lipinski definition) is 6. The van der Waals surface area contributed by atoms with Crippen LogP contribution in [0.25, 0.3) is 0 Å². The molecule has 0 N–H and O–H groups in total.